The van der Waals surface area contributed by atoms with Crippen molar-refractivity contribution in [2.45, 2.75) is 31.3 Å². The molecule has 0 radical (unpaired) electrons. The first-order valence-corrected chi connectivity index (χ1v) is 12.8. The molecule has 1 fully saturated rings. The van der Waals surface area contributed by atoms with Crippen molar-refractivity contribution in [2.24, 2.45) is 0 Å². The summed E-state index contributed by atoms with van der Waals surface area (Å²) in [7, 11) is -3.62. The van der Waals surface area contributed by atoms with Crippen LogP contribution in [0.3, 0.4) is 0 Å². The van der Waals surface area contributed by atoms with Crippen LogP contribution in [-0.2, 0) is 16.6 Å². The van der Waals surface area contributed by atoms with Crippen LogP contribution < -0.4 is 14.3 Å². The van der Waals surface area contributed by atoms with Crippen molar-refractivity contribution in [3.05, 3.63) is 51.6 Å². The molecule has 2 aliphatic heterocycles. The van der Waals surface area contributed by atoms with Crippen molar-refractivity contribution in [1.29, 1.82) is 0 Å². The van der Waals surface area contributed by atoms with Gasteiger partial charge >= 0.3 is 4.87 Å². The Kier molecular flexibility index (Phi) is 5.48. The van der Waals surface area contributed by atoms with Crippen LogP contribution in [0.1, 0.15) is 25.5 Å². The summed E-state index contributed by atoms with van der Waals surface area (Å²) in [5, 5.41) is 0. The zero-order valence-corrected chi connectivity index (χ0v) is 19.6. The molecule has 3 aromatic rings. The highest BCUT2D eigenvalue weighted by atomic mass is 32.2. The molecule has 170 valence electrons. The lowest BCUT2D eigenvalue weighted by Crippen LogP contribution is -2.48. The number of nitrogens with zero attached hydrogens (tertiary/aromatic N) is 3. The number of piperazine rings is 1. The van der Waals surface area contributed by atoms with E-state index in [4.69, 9.17) is 9.47 Å². The molecule has 0 atom stereocenters. The van der Waals surface area contributed by atoms with Crippen molar-refractivity contribution in [3.8, 4) is 11.5 Å². The van der Waals surface area contributed by atoms with Crippen LogP contribution in [0.15, 0.2) is 46.1 Å². The monoisotopic (exact) mass is 475 g/mol. The van der Waals surface area contributed by atoms with E-state index in [1.807, 2.05) is 32.0 Å². The number of fused-ring (bicyclic) bond motifs is 2. The van der Waals surface area contributed by atoms with Crippen molar-refractivity contribution in [3.63, 3.8) is 0 Å². The van der Waals surface area contributed by atoms with Gasteiger partial charge in [0.25, 0.3) is 0 Å². The summed E-state index contributed by atoms with van der Waals surface area (Å²) >= 11 is 1.09. The highest BCUT2D eigenvalue weighted by Crippen LogP contribution is 2.33. The Labute approximate surface area is 190 Å². The van der Waals surface area contributed by atoms with Gasteiger partial charge in [-0.1, -0.05) is 17.4 Å². The van der Waals surface area contributed by atoms with Gasteiger partial charge in [-0.05, 0) is 49.7 Å². The number of rotatable bonds is 5. The summed E-state index contributed by atoms with van der Waals surface area (Å²) in [5.74, 6) is 1.52. The molecular formula is C22H25N3O5S2. The van der Waals surface area contributed by atoms with Gasteiger partial charge in [0, 0.05) is 38.8 Å². The molecule has 0 bridgehead atoms. The summed E-state index contributed by atoms with van der Waals surface area (Å²) in [6, 6.07) is 10.9. The Balaban J connectivity index is 1.29. The van der Waals surface area contributed by atoms with Crippen molar-refractivity contribution in [1.82, 2.24) is 13.8 Å². The van der Waals surface area contributed by atoms with E-state index in [1.54, 1.807) is 22.8 Å². The molecule has 0 aliphatic carbocycles. The second-order valence-corrected chi connectivity index (χ2v) is 11.3. The highest BCUT2D eigenvalue weighted by molar-refractivity contribution is 7.89. The van der Waals surface area contributed by atoms with E-state index in [9.17, 15) is 13.2 Å². The average molecular weight is 476 g/mol. The number of thiazole rings is 1. The second-order valence-electron chi connectivity index (χ2n) is 8.33. The molecular weight excluding hydrogens is 450 g/mol. The van der Waals surface area contributed by atoms with Crippen LogP contribution in [0.5, 0.6) is 11.5 Å². The number of hydrogen-bond acceptors (Lipinski definition) is 7. The first-order valence-electron chi connectivity index (χ1n) is 10.6. The summed E-state index contributed by atoms with van der Waals surface area (Å²) in [6.07, 6.45) is 0. The third-order valence-electron chi connectivity index (χ3n) is 5.91. The lowest BCUT2D eigenvalue weighted by atomic mass is 10.2. The molecule has 0 spiro atoms. The predicted molar refractivity (Wildman–Crippen MR) is 123 cm³/mol. The number of ether oxygens (including phenoxy) is 2. The Bertz CT molecular complexity index is 1320. The molecule has 10 heteroatoms. The van der Waals surface area contributed by atoms with E-state index in [0.717, 1.165) is 40.5 Å². The summed E-state index contributed by atoms with van der Waals surface area (Å²) in [6.45, 7) is 7.01. The van der Waals surface area contributed by atoms with E-state index in [-0.39, 0.29) is 22.6 Å². The maximum Gasteiger partial charge on any atom is 0.308 e. The van der Waals surface area contributed by atoms with Crippen LogP contribution in [0.4, 0.5) is 0 Å². The normalized spacial score (nSPS) is 17.5. The van der Waals surface area contributed by atoms with Gasteiger partial charge in [-0.15, -0.1) is 0 Å². The van der Waals surface area contributed by atoms with Crippen LogP contribution in [0, 0.1) is 0 Å². The zero-order valence-electron chi connectivity index (χ0n) is 18.0. The predicted octanol–water partition coefficient (Wildman–Crippen LogP) is 2.88. The van der Waals surface area contributed by atoms with Gasteiger partial charge < -0.3 is 9.47 Å². The Morgan fingerprint density at radius 1 is 1.00 bits per heavy atom. The maximum absolute atomic E-state index is 13.2. The second kappa shape index (κ2) is 8.18. The Morgan fingerprint density at radius 3 is 2.50 bits per heavy atom. The van der Waals surface area contributed by atoms with Crippen molar-refractivity contribution >= 4 is 31.6 Å². The largest absolute Gasteiger partial charge is 0.454 e. The lowest BCUT2D eigenvalue weighted by Gasteiger charge is -2.34. The van der Waals surface area contributed by atoms with Crippen LogP contribution in [0.2, 0.25) is 0 Å². The molecule has 5 rings (SSSR count). The minimum absolute atomic E-state index is 0.0246. The van der Waals surface area contributed by atoms with Gasteiger partial charge in [0.1, 0.15) is 0 Å². The smallest absolute Gasteiger partial charge is 0.308 e. The van der Waals surface area contributed by atoms with E-state index in [1.165, 1.54) is 4.31 Å². The maximum atomic E-state index is 13.2. The summed E-state index contributed by atoms with van der Waals surface area (Å²) in [5.41, 5.74) is 1.89. The van der Waals surface area contributed by atoms with E-state index in [0.29, 0.717) is 30.9 Å². The first kappa shape index (κ1) is 21.4. The number of aromatic nitrogens is 1. The van der Waals surface area contributed by atoms with E-state index < -0.39 is 10.0 Å². The number of hydrogen-bond donors (Lipinski definition) is 0. The van der Waals surface area contributed by atoms with Gasteiger partial charge in [-0.3, -0.25) is 14.3 Å². The first-order chi connectivity index (χ1) is 15.3. The third-order valence-corrected chi connectivity index (χ3v) is 8.73. The fourth-order valence-electron chi connectivity index (χ4n) is 4.24. The minimum atomic E-state index is -3.62. The highest BCUT2D eigenvalue weighted by Gasteiger charge is 2.29. The number of sulfonamides is 1. The van der Waals surface area contributed by atoms with Crippen molar-refractivity contribution in [2.75, 3.05) is 33.0 Å². The van der Waals surface area contributed by atoms with Gasteiger partial charge in [0.2, 0.25) is 16.8 Å². The Morgan fingerprint density at radius 2 is 1.75 bits per heavy atom. The lowest BCUT2D eigenvalue weighted by molar-refractivity contribution is 0.173. The SMILES string of the molecule is CC(C)n1c(=O)sc2cc(S(=O)(=O)N3CCN(Cc4ccc5c(c4)OCO5)CC3)ccc21. The summed E-state index contributed by atoms with van der Waals surface area (Å²) < 4.78 is 41.2. The number of benzene rings is 2. The van der Waals surface area contributed by atoms with Crippen LogP contribution in [0.25, 0.3) is 10.2 Å². The summed E-state index contributed by atoms with van der Waals surface area (Å²) in [4.78, 5) is 14.7. The average Bonchev–Trinajstić information content (AvgIpc) is 3.36. The van der Waals surface area contributed by atoms with Gasteiger partial charge in [0.05, 0.1) is 15.1 Å². The standard InChI is InChI=1S/C22H25N3O5S2/c1-15(2)25-18-5-4-17(12-21(18)31-22(25)26)32(27,28)24-9-7-23(8-10-24)13-16-3-6-19-20(11-16)30-14-29-19/h3-6,11-12,15H,7-10,13-14H2,1-2H3. The van der Waals surface area contributed by atoms with Crippen LogP contribution in [-0.4, -0.2) is 55.2 Å². The van der Waals surface area contributed by atoms with Gasteiger partial charge in [0.15, 0.2) is 11.5 Å². The molecule has 8 nitrogen and oxygen atoms in total. The molecule has 0 amide bonds. The van der Waals surface area contributed by atoms with Crippen molar-refractivity contribution < 1.29 is 17.9 Å². The molecule has 2 aromatic carbocycles. The molecule has 0 N–H and O–H groups in total. The molecule has 32 heavy (non-hydrogen) atoms. The molecule has 3 heterocycles. The minimum Gasteiger partial charge on any atom is -0.454 e. The van der Waals surface area contributed by atoms with E-state index >= 15 is 0 Å². The molecule has 2 aliphatic rings. The molecule has 0 saturated carbocycles. The third kappa shape index (κ3) is 3.81. The fraction of sp³-hybridized carbons (Fsp3) is 0.409. The van der Waals surface area contributed by atoms with Crippen LogP contribution >= 0.6 is 11.3 Å². The molecule has 1 saturated heterocycles. The zero-order chi connectivity index (χ0) is 22.5. The quantitative estimate of drug-likeness (QED) is 0.565. The molecule has 0 unspecified atom stereocenters. The Hall–Kier alpha value is -2.40. The topological polar surface area (TPSA) is 81.1 Å². The van der Waals surface area contributed by atoms with E-state index in [2.05, 4.69) is 4.90 Å². The van der Waals surface area contributed by atoms with Gasteiger partial charge in [-0.2, -0.15) is 4.31 Å². The molecule has 1 aromatic heterocycles. The fourth-order valence-corrected chi connectivity index (χ4v) is 6.82. The van der Waals surface area contributed by atoms with Gasteiger partial charge in [-0.25, -0.2) is 8.42 Å².